The van der Waals surface area contributed by atoms with Crippen LogP contribution in [0.15, 0.2) is 12.1 Å². The number of rotatable bonds is 11. The monoisotopic (exact) mass is 315 g/mol. The van der Waals surface area contributed by atoms with Crippen LogP contribution in [0.1, 0.15) is 83.1 Å². The maximum Gasteiger partial charge on any atom is 0.0931 e. The Kier molecular flexibility index (Phi) is 9.58. The summed E-state index contributed by atoms with van der Waals surface area (Å²) in [4.78, 5) is 1.35. The third kappa shape index (κ3) is 7.10. The van der Waals surface area contributed by atoms with E-state index >= 15 is 0 Å². The van der Waals surface area contributed by atoms with Crippen LogP contribution in [0.25, 0.3) is 0 Å². The summed E-state index contributed by atoms with van der Waals surface area (Å²) in [5.41, 5.74) is 0. The molecule has 1 unspecified atom stereocenters. The van der Waals surface area contributed by atoms with Crippen molar-refractivity contribution < 1.29 is 0 Å². The second kappa shape index (κ2) is 10.6. The molecule has 0 saturated heterocycles. The van der Waals surface area contributed by atoms with Crippen molar-refractivity contribution in [3.63, 3.8) is 0 Å². The highest BCUT2D eigenvalue weighted by Gasteiger charge is 2.14. The average Bonchev–Trinajstić information content (AvgIpc) is 2.86. The molecule has 116 valence electrons. The van der Waals surface area contributed by atoms with Gasteiger partial charge in [-0.15, -0.1) is 11.3 Å². The maximum atomic E-state index is 6.04. The van der Waals surface area contributed by atoms with E-state index in [0.29, 0.717) is 12.1 Å². The van der Waals surface area contributed by atoms with E-state index in [1.54, 1.807) is 11.3 Å². The first-order chi connectivity index (χ1) is 9.67. The molecule has 0 radical (unpaired) electrons. The Morgan fingerprint density at radius 1 is 1.05 bits per heavy atom. The second-order valence-corrected chi connectivity index (χ2v) is 7.47. The molecule has 0 spiro atoms. The van der Waals surface area contributed by atoms with Crippen molar-refractivity contribution in [2.45, 2.75) is 84.2 Å². The van der Waals surface area contributed by atoms with E-state index in [2.05, 4.69) is 32.2 Å². The van der Waals surface area contributed by atoms with Crippen molar-refractivity contribution in [1.82, 2.24) is 5.32 Å². The minimum atomic E-state index is 0.417. The standard InChI is InChI=1S/C17H30ClNS/c1-4-6-8-10-15(11-9-7-5-2)19-14(3)16-12-13-17(18)20-16/h12-15,19H,4-11H2,1-3H3. The molecule has 0 fully saturated rings. The minimum absolute atomic E-state index is 0.417. The molecule has 0 aliphatic rings. The number of halogens is 1. The van der Waals surface area contributed by atoms with Crippen molar-refractivity contribution in [2.24, 2.45) is 0 Å². The zero-order chi connectivity index (χ0) is 14.8. The van der Waals surface area contributed by atoms with Crippen molar-refractivity contribution in [2.75, 3.05) is 0 Å². The molecule has 0 aromatic carbocycles. The number of hydrogen-bond acceptors (Lipinski definition) is 2. The van der Waals surface area contributed by atoms with Gasteiger partial charge in [0.1, 0.15) is 0 Å². The molecule has 1 nitrogen and oxygen atoms in total. The van der Waals surface area contributed by atoms with Crippen LogP contribution in [0.5, 0.6) is 0 Å². The maximum absolute atomic E-state index is 6.04. The molecule has 1 aromatic rings. The van der Waals surface area contributed by atoms with Crippen LogP contribution in [0.4, 0.5) is 0 Å². The smallest absolute Gasteiger partial charge is 0.0931 e. The van der Waals surface area contributed by atoms with E-state index in [9.17, 15) is 0 Å². The number of hydrogen-bond donors (Lipinski definition) is 1. The Hall–Kier alpha value is -0.0500. The van der Waals surface area contributed by atoms with Gasteiger partial charge in [0.25, 0.3) is 0 Å². The quantitative estimate of drug-likeness (QED) is 0.455. The summed E-state index contributed by atoms with van der Waals surface area (Å²) < 4.78 is 0.891. The fourth-order valence-corrected chi connectivity index (χ4v) is 3.66. The van der Waals surface area contributed by atoms with Crippen LogP contribution >= 0.6 is 22.9 Å². The summed E-state index contributed by atoms with van der Waals surface area (Å²) in [6.07, 6.45) is 10.6. The van der Waals surface area contributed by atoms with E-state index < -0.39 is 0 Å². The van der Waals surface area contributed by atoms with Gasteiger partial charge >= 0.3 is 0 Å². The van der Waals surface area contributed by atoms with Crippen LogP contribution < -0.4 is 5.32 Å². The molecule has 1 rings (SSSR count). The van der Waals surface area contributed by atoms with Crippen molar-refractivity contribution >= 4 is 22.9 Å². The fourth-order valence-electron chi connectivity index (χ4n) is 2.59. The van der Waals surface area contributed by atoms with Crippen LogP contribution in [0, 0.1) is 0 Å². The summed E-state index contributed by atoms with van der Waals surface area (Å²) in [5, 5.41) is 3.82. The molecule has 0 aliphatic carbocycles. The van der Waals surface area contributed by atoms with Crippen LogP contribution in [0.2, 0.25) is 4.34 Å². The first kappa shape index (κ1) is 18.0. The van der Waals surface area contributed by atoms with Crippen LogP contribution in [-0.2, 0) is 0 Å². The van der Waals surface area contributed by atoms with E-state index in [0.717, 1.165) is 4.34 Å². The van der Waals surface area contributed by atoms with Crippen molar-refractivity contribution in [3.8, 4) is 0 Å². The van der Waals surface area contributed by atoms with Gasteiger partial charge in [-0.25, -0.2) is 0 Å². The minimum Gasteiger partial charge on any atom is -0.307 e. The average molecular weight is 316 g/mol. The van der Waals surface area contributed by atoms with E-state index in [1.165, 1.54) is 56.2 Å². The molecule has 1 aromatic heterocycles. The topological polar surface area (TPSA) is 12.0 Å². The Labute approximate surface area is 134 Å². The fraction of sp³-hybridized carbons (Fsp3) is 0.765. The molecule has 0 bridgehead atoms. The first-order valence-corrected chi connectivity index (χ1v) is 9.38. The Morgan fingerprint density at radius 2 is 1.65 bits per heavy atom. The van der Waals surface area contributed by atoms with E-state index in [4.69, 9.17) is 11.6 Å². The lowest BCUT2D eigenvalue weighted by molar-refractivity contribution is 0.386. The third-order valence-corrected chi connectivity index (χ3v) is 5.23. The molecule has 0 amide bonds. The molecule has 3 heteroatoms. The predicted octanol–water partition coefficient (Wildman–Crippen LogP) is 6.58. The van der Waals surface area contributed by atoms with Gasteiger partial charge in [-0.1, -0.05) is 64.0 Å². The molecular formula is C17H30ClNS. The summed E-state index contributed by atoms with van der Waals surface area (Å²) in [5.74, 6) is 0. The van der Waals surface area contributed by atoms with Crippen molar-refractivity contribution in [1.29, 1.82) is 0 Å². The van der Waals surface area contributed by atoms with E-state index in [1.807, 2.05) is 6.07 Å². The highest BCUT2D eigenvalue weighted by Crippen LogP contribution is 2.27. The van der Waals surface area contributed by atoms with E-state index in [-0.39, 0.29) is 0 Å². The zero-order valence-electron chi connectivity index (χ0n) is 13.3. The van der Waals surface area contributed by atoms with Gasteiger partial charge in [-0.2, -0.15) is 0 Å². The largest absolute Gasteiger partial charge is 0.307 e. The Bertz CT molecular complexity index is 341. The molecule has 20 heavy (non-hydrogen) atoms. The molecule has 1 atom stereocenters. The van der Waals surface area contributed by atoms with Gasteiger partial charge in [0.05, 0.1) is 4.34 Å². The number of unbranched alkanes of at least 4 members (excludes halogenated alkanes) is 4. The third-order valence-electron chi connectivity index (χ3n) is 3.82. The summed E-state index contributed by atoms with van der Waals surface area (Å²) in [6, 6.07) is 5.23. The van der Waals surface area contributed by atoms with Gasteiger partial charge in [-0.3, -0.25) is 0 Å². The summed E-state index contributed by atoms with van der Waals surface area (Å²) in [7, 11) is 0. The lowest BCUT2D eigenvalue weighted by Crippen LogP contribution is -2.31. The molecule has 1 N–H and O–H groups in total. The summed E-state index contributed by atoms with van der Waals surface area (Å²) in [6.45, 7) is 6.81. The van der Waals surface area contributed by atoms with Crippen LogP contribution in [-0.4, -0.2) is 6.04 Å². The normalized spacial score (nSPS) is 13.1. The van der Waals surface area contributed by atoms with Crippen LogP contribution in [0.3, 0.4) is 0 Å². The molecular weight excluding hydrogens is 286 g/mol. The highest BCUT2D eigenvalue weighted by atomic mass is 35.5. The predicted molar refractivity (Wildman–Crippen MR) is 93.0 cm³/mol. The van der Waals surface area contributed by atoms with Gasteiger partial charge < -0.3 is 5.32 Å². The molecule has 0 aliphatic heterocycles. The first-order valence-electron chi connectivity index (χ1n) is 8.18. The second-order valence-electron chi connectivity index (χ2n) is 5.72. The number of thiophene rings is 1. The Balaban J connectivity index is 2.44. The van der Waals surface area contributed by atoms with Gasteiger partial charge in [0.15, 0.2) is 0 Å². The Morgan fingerprint density at radius 3 is 2.10 bits per heavy atom. The van der Waals surface area contributed by atoms with Crippen molar-refractivity contribution in [3.05, 3.63) is 21.3 Å². The molecule has 1 heterocycles. The van der Waals surface area contributed by atoms with Gasteiger partial charge in [-0.05, 0) is 31.9 Å². The lowest BCUT2D eigenvalue weighted by Gasteiger charge is -2.23. The highest BCUT2D eigenvalue weighted by molar-refractivity contribution is 7.16. The SMILES string of the molecule is CCCCCC(CCCCC)NC(C)c1ccc(Cl)s1. The summed E-state index contributed by atoms with van der Waals surface area (Å²) >= 11 is 7.73. The number of nitrogens with one attached hydrogen (secondary N) is 1. The van der Waals surface area contributed by atoms with Gasteiger partial charge in [0, 0.05) is 17.0 Å². The zero-order valence-corrected chi connectivity index (χ0v) is 14.8. The lowest BCUT2D eigenvalue weighted by atomic mass is 10.0. The molecule has 0 saturated carbocycles. The van der Waals surface area contributed by atoms with Gasteiger partial charge in [0.2, 0.25) is 0 Å².